The van der Waals surface area contributed by atoms with Crippen molar-refractivity contribution < 1.29 is 18.7 Å². The van der Waals surface area contributed by atoms with Crippen molar-refractivity contribution in [3.63, 3.8) is 0 Å². The maximum atomic E-state index is 12.6. The van der Waals surface area contributed by atoms with Crippen molar-refractivity contribution >= 4 is 23.0 Å². The summed E-state index contributed by atoms with van der Waals surface area (Å²) in [7, 11) is 0. The third-order valence-electron chi connectivity index (χ3n) is 5.17. The molecule has 1 saturated heterocycles. The zero-order valence-corrected chi connectivity index (χ0v) is 13.6. The SMILES string of the molecule is Cc1cccc2oc(CNC(=O)[C@H]3CC(=O)OC34CCCC4)nc12. The predicted molar refractivity (Wildman–Crippen MR) is 86.0 cm³/mol. The number of nitrogens with one attached hydrogen (secondary N) is 1. The molecule has 0 unspecified atom stereocenters. The van der Waals surface area contributed by atoms with Crippen LogP contribution in [0.1, 0.15) is 43.6 Å². The predicted octanol–water partition coefficient (Wildman–Crippen LogP) is 2.63. The molecule has 1 amide bonds. The standard InChI is InChI=1S/C18H20N2O4/c1-11-5-4-6-13-16(11)20-14(23-13)10-19-17(22)12-9-15(21)24-18(12)7-2-3-8-18/h4-6,12H,2-3,7-10H2,1H3,(H,19,22)/t12-/m1/s1. The van der Waals surface area contributed by atoms with Gasteiger partial charge in [0.05, 0.1) is 18.9 Å². The van der Waals surface area contributed by atoms with E-state index in [1.54, 1.807) is 0 Å². The van der Waals surface area contributed by atoms with Gasteiger partial charge >= 0.3 is 5.97 Å². The second kappa shape index (κ2) is 5.61. The molecule has 0 bridgehead atoms. The van der Waals surface area contributed by atoms with Gasteiger partial charge in [-0.05, 0) is 44.2 Å². The largest absolute Gasteiger partial charge is 0.458 e. The van der Waals surface area contributed by atoms with Gasteiger partial charge in [0.1, 0.15) is 11.1 Å². The second-order valence-electron chi connectivity index (χ2n) is 6.75. The molecule has 2 aromatic rings. The molecule has 1 aliphatic carbocycles. The summed E-state index contributed by atoms with van der Waals surface area (Å²) in [4.78, 5) is 28.7. The number of rotatable bonds is 3. The molecule has 126 valence electrons. The number of carbonyl (C=O) groups is 2. The monoisotopic (exact) mass is 328 g/mol. The Morgan fingerprint density at radius 2 is 2.17 bits per heavy atom. The van der Waals surface area contributed by atoms with E-state index in [2.05, 4.69) is 10.3 Å². The quantitative estimate of drug-likeness (QED) is 0.876. The van der Waals surface area contributed by atoms with Gasteiger partial charge in [-0.1, -0.05) is 12.1 Å². The number of carbonyl (C=O) groups excluding carboxylic acids is 2. The zero-order chi connectivity index (χ0) is 16.7. The van der Waals surface area contributed by atoms with Crippen LogP contribution < -0.4 is 5.32 Å². The maximum Gasteiger partial charge on any atom is 0.307 e. The number of benzene rings is 1. The highest BCUT2D eigenvalue weighted by molar-refractivity contribution is 5.88. The minimum atomic E-state index is -0.584. The lowest BCUT2D eigenvalue weighted by Gasteiger charge is -2.27. The van der Waals surface area contributed by atoms with Crippen LogP contribution in [0.15, 0.2) is 22.6 Å². The number of esters is 1. The molecule has 1 aromatic carbocycles. The van der Waals surface area contributed by atoms with Crippen LogP contribution in [0.25, 0.3) is 11.1 Å². The van der Waals surface area contributed by atoms with Gasteiger partial charge in [-0.3, -0.25) is 9.59 Å². The van der Waals surface area contributed by atoms with Gasteiger partial charge in [-0.15, -0.1) is 0 Å². The molecular formula is C18H20N2O4. The second-order valence-corrected chi connectivity index (χ2v) is 6.75. The van der Waals surface area contributed by atoms with Crippen LogP contribution in [0, 0.1) is 12.8 Å². The number of amides is 1. The van der Waals surface area contributed by atoms with Crippen molar-refractivity contribution in [2.24, 2.45) is 5.92 Å². The van der Waals surface area contributed by atoms with Gasteiger partial charge in [0, 0.05) is 0 Å². The molecule has 1 aromatic heterocycles. The Morgan fingerprint density at radius 3 is 2.92 bits per heavy atom. The first kappa shape index (κ1) is 15.2. The maximum absolute atomic E-state index is 12.6. The van der Waals surface area contributed by atoms with Crippen LogP contribution in [0.3, 0.4) is 0 Å². The van der Waals surface area contributed by atoms with E-state index < -0.39 is 11.5 Å². The fraction of sp³-hybridized carbons (Fsp3) is 0.500. The molecule has 1 aliphatic heterocycles. The molecule has 2 aliphatic rings. The van der Waals surface area contributed by atoms with Gasteiger partial charge < -0.3 is 14.5 Å². The highest BCUT2D eigenvalue weighted by Crippen LogP contribution is 2.45. The minimum absolute atomic E-state index is 0.151. The van der Waals surface area contributed by atoms with Crippen LogP contribution in [0.5, 0.6) is 0 Å². The van der Waals surface area contributed by atoms with Gasteiger partial charge in [0.2, 0.25) is 11.8 Å². The van der Waals surface area contributed by atoms with E-state index in [1.165, 1.54) is 0 Å². The molecular weight excluding hydrogens is 308 g/mol. The Hall–Kier alpha value is -2.37. The summed E-state index contributed by atoms with van der Waals surface area (Å²) in [6.45, 7) is 2.19. The summed E-state index contributed by atoms with van der Waals surface area (Å²) in [6.07, 6.45) is 3.72. The molecule has 4 rings (SSSR count). The van der Waals surface area contributed by atoms with E-state index >= 15 is 0 Å². The van der Waals surface area contributed by atoms with Crippen LogP contribution in [-0.2, 0) is 20.9 Å². The van der Waals surface area contributed by atoms with E-state index in [1.807, 2.05) is 25.1 Å². The van der Waals surface area contributed by atoms with Crippen LogP contribution in [-0.4, -0.2) is 22.5 Å². The summed E-state index contributed by atoms with van der Waals surface area (Å²) in [5.41, 5.74) is 1.98. The van der Waals surface area contributed by atoms with Crippen LogP contribution in [0.2, 0.25) is 0 Å². The Kier molecular flexibility index (Phi) is 3.55. The Labute approximate surface area is 139 Å². The molecule has 24 heavy (non-hydrogen) atoms. The normalized spacial score (nSPS) is 22.2. The summed E-state index contributed by atoms with van der Waals surface area (Å²) < 4.78 is 11.2. The Balaban J connectivity index is 1.47. The molecule has 1 N–H and O–H groups in total. The van der Waals surface area contributed by atoms with Crippen molar-refractivity contribution in [2.75, 3.05) is 0 Å². The number of hydrogen-bond donors (Lipinski definition) is 1. The highest BCUT2D eigenvalue weighted by Gasteiger charge is 2.53. The van der Waals surface area contributed by atoms with Crippen molar-refractivity contribution in [3.8, 4) is 0 Å². The molecule has 6 nitrogen and oxygen atoms in total. The van der Waals surface area contributed by atoms with Crippen molar-refractivity contribution in [1.82, 2.24) is 10.3 Å². The molecule has 1 saturated carbocycles. The number of para-hydroxylation sites is 1. The van der Waals surface area contributed by atoms with E-state index in [9.17, 15) is 9.59 Å². The third kappa shape index (κ3) is 2.46. The van der Waals surface area contributed by atoms with Crippen molar-refractivity contribution in [3.05, 3.63) is 29.7 Å². The number of aryl methyl sites for hydroxylation is 1. The lowest BCUT2D eigenvalue weighted by molar-refractivity contribution is -0.150. The van der Waals surface area contributed by atoms with E-state index in [4.69, 9.17) is 9.15 Å². The smallest absolute Gasteiger partial charge is 0.307 e. The van der Waals surface area contributed by atoms with Crippen LogP contribution >= 0.6 is 0 Å². The first-order valence-electron chi connectivity index (χ1n) is 8.42. The molecule has 2 heterocycles. The third-order valence-corrected chi connectivity index (χ3v) is 5.17. The number of ether oxygens (including phenoxy) is 1. The van der Waals surface area contributed by atoms with Gasteiger partial charge in [-0.2, -0.15) is 0 Å². The minimum Gasteiger partial charge on any atom is -0.458 e. The Bertz CT molecular complexity index is 804. The molecule has 6 heteroatoms. The number of fused-ring (bicyclic) bond motifs is 1. The van der Waals surface area contributed by atoms with Crippen molar-refractivity contribution in [2.45, 2.75) is 51.2 Å². The fourth-order valence-corrected chi connectivity index (χ4v) is 3.94. The average molecular weight is 328 g/mol. The number of hydrogen-bond acceptors (Lipinski definition) is 5. The molecule has 1 spiro atoms. The first-order chi connectivity index (χ1) is 11.6. The number of oxazole rings is 1. The summed E-state index contributed by atoms with van der Waals surface area (Å²) in [5, 5.41) is 2.87. The summed E-state index contributed by atoms with van der Waals surface area (Å²) in [5.74, 6) is -0.353. The van der Waals surface area contributed by atoms with Gasteiger partial charge in [0.25, 0.3) is 0 Å². The van der Waals surface area contributed by atoms with Gasteiger partial charge in [-0.25, -0.2) is 4.98 Å². The lowest BCUT2D eigenvalue weighted by Crippen LogP contribution is -2.42. The topological polar surface area (TPSA) is 81.4 Å². The molecule has 0 radical (unpaired) electrons. The average Bonchev–Trinajstić information content (AvgIpc) is 3.25. The zero-order valence-electron chi connectivity index (χ0n) is 13.6. The fourth-order valence-electron chi connectivity index (χ4n) is 3.94. The Morgan fingerprint density at radius 1 is 1.38 bits per heavy atom. The number of aromatic nitrogens is 1. The van der Waals surface area contributed by atoms with E-state index in [0.717, 1.165) is 36.8 Å². The van der Waals surface area contributed by atoms with E-state index in [-0.39, 0.29) is 24.8 Å². The van der Waals surface area contributed by atoms with E-state index in [0.29, 0.717) is 11.5 Å². The first-order valence-corrected chi connectivity index (χ1v) is 8.42. The lowest BCUT2D eigenvalue weighted by atomic mass is 9.85. The summed E-state index contributed by atoms with van der Waals surface area (Å²) >= 11 is 0. The highest BCUT2D eigenvalue weighted by atomic mass is 16.6. The molecule has 2 fully saturated rings. The van der Waals surface area contributed by atoms with Gasteiger partial charge in [0.15, 0.2) is 5.58 Å². The van der Waals surface area contributed by atoms with Crippen LogP contribution in [0.4, 0.5) is 0 Å². The van der Waals surface area contributed by atoms with Crippen molar-refractivity contribution in [1.29, 1.82) is 0 Å². The summed E-state index contributed by atoms with van der Waals surface area (Å²) in [6, 6.07) is 5.74. The molecule has 1 atom stereocenters. The number of nitrogens with zero attached hydrogens (tertiary/aromatic N) is 1.